The topological polar surface area (TPSA) is 30.3 Å². The van der Waals surface area contributed by atoms with Crippen LogP contribution in [0.1, 0.15) is 22.5 Å². The largest absolute Gasteiger partial charge is 0.573 e. The highest BCUT2D eigenvalue weighted by Crippen LogP contribution is 2.29. The van der Waals surface area contributed by atoms with Gasteiger partial charge in [0.25, 0.3) is 0 Å². The molecule has 0 saturated carbocycles. The van der Waals surface area contributed by atoms with Crippen LogP contribution in [-0.4, -0.2) is 27.4 Å². The zero-order valence-corrected chi connectivity index (χ0v) is 16.3. The first-order valence-electron chi connectivity index (χ1n) is 9.47. The number of hydrogen-bond acceptors (Lipinski definition) is 3. The molecule has 0 fully saturated rings. The van der Waals surface area contributed by atoms with Crippen molar-refractivity contribution < 1.29 is 17.9 Å². The van der Waals surface area contributed by atoms with Crippen LogP contribution in [-0.2, 0) is 26.6 Å². The highest BCUT2D eigenvalue weighted by molar-refractivity contribution is 5.58. The summed E-state index contributed by atoms with van der Waals surface area (Å²) in [6, 6.07) is 14.3. The number of hydrogen-bond donors (Lipinski definition) is 0. The van der Waals surface area contributed by atoms with Crippen LogP contribution in [0, 0.1) is 6.92 Å². The number of fused-ring (bicyclic) bond motifs is 1. The lowest BCUT2D eigenvalue weighted by molar-refractivity contribution is -0.274. The van der Waals surface area contributed by atoms with E-state index in [9.17, 15) is 13.2 Å². The van der Waals surface area contributed by atoms with Crippen LogP contribution in [0.15, 0.2) is 48.5 Å². The summed E-state index contributed by atoms with van der Waals surface area (Å²) in [7, 11) is 1.96. The van der Waals surface area contributed by atoms with Crippen molar-refractivity contribution >= 4 is 0 Å². The Kier molecular flexibility index (Phi) is 5.08. The molecule has 0 amide bonds. The van der Waals surface area contributed by atoms with Crippen molar-refractivity contribution in [1.82, 2.24) is 14.5 Å². The molecule has 1 aliphatic rings. The second-order valence-corrected chi connectivity index (χ2v) is 7.35. The summed E-state index contributed by atoms with van der Waals surface area (Å²) in [5.74, 6) is 0.524. The molecule has 0 spiro atoms. The Morgan fingerprint density at radius 3 is 2.48 bits per heavy atom. The Morgan fingerprint density at radius 1 is 1.07 bits per heavy atom. The average Bonchev–Trinajstić information content (AvgIpc) is 2.99. The Bertz CT molecular complexity index is 1010. The molecule has 0 N–H and O–H groups in total. The highest BCUT2D eigenvalue weighted by Gasteiger charge is 2.31. The van der Waals surface area contributed by atoms with Crippen molar-refractivity contribution in [2.45, 2.75) is 32.8 Å². The van der Waals surface area contributed by atoms with E-state index in [1.54, 1.807) is 12.1 Å². The van der Waals surface area contributed by atoms with Gasteiger partial charge < -0.3 is 9.30 Å². The second kappa shape index (κ2) is 7.55. The predicted molar refractivity (Wildman–Crippen MR) is 104 cm³/mol. The molecule has 0 radical (unpaired) electrons. The molecule has 29 heavy (non-hydrogen) atoms. The zero-order chi connectivity index (χ0) is 20.6. The summed E-state index contributed by atoms with van der Waals surface area (Å²) < 4.78 is 43.1. The molecule has 0 saturated heterocycles. The number of aromatic nitrogens is 2. The van der Waals surface area contributed by atoms with Gasteiger partial charge in [-0.15, -0.1) is 13.2 Å². The van der Waals surface area contributed by atoms with Gasteiger partial charge in [0.1, 0.15) is 11.6 Å². The molecule has 152 valence electrons. The van der Waals surface area contributed by atoms with Crippen molar-refractivity contribution in [2.75, 3.05) is 6.54 Å². The van der Waals surface area contributed by atoms with E-state index in [4.69, 9.17) is 4.98 Å². The highest BCUT2D eigenvalue weighted by atomic mass is 19.4. The number of nitrogens with zero attached hydrogens (tertiary/aromatic N) is 3. The fourth-order valence-electron chi connectivity index (χ4n) is 3.77. The fraction of sp³-hybridized carbons (Fsp3) is 0.318. The lowest BCUT2D eigenvalue weighted by Gasteiger charge is -2.27. The minimum atomic E-state index is -4.69. The third-order valence-electron chi connectivity index (χ3n) is 5.34. The first-order valence-corrected chi connectivity index (χ1v) is 9.47. The minimum absolute atomic E-state index is 0.232. The Labute approximate surface area is 167 Å². The quantitative estimate of drug-likeness (QED) is 0.626. The van der Waals surface area contributed by atoms with Gasteiger partial charge >= 0.3 is 6.36 Å². The van der Waals surface area contributed by atoms with E-state index in [2.05, 4.69) is 34.8 Å². The van der Waals surface area contributed by atoms with Gasteiger partial charge in [0, 0.05) is 38.7 Å². The molecule has 1 aromatic heterocycles. The van der Waals surface area contributed by atoms with E-state index in [-0.39, 0.29) is 5.75 Å². The number of alkyl halides is 3. The van der Waals surface area contributed by atoms with Gasteiger partial charge in [-0.2, -0.15) is 0 Å². The molecule has 4 rings (SSSR count). The summed E-state index contributed by atoms with van der Waals surface area (Å²) in [6.07, 6.45) is -3.84. The minimum Gasteiger partial charge on any atom is -0.406 e. The van der Waals surface area contributed by atoms with Gasteiger partial charge in [0.05, 0.1) is 11.4 Å². The van der Waals surface area contributed by atoms with Crippen LogP contribution in [0.2, 0.25) is 0 Å². The van der Waals surface area contributed by atoms with Crippen LogP contribution in [0.5, 0.6) is 5.75 Å². The molecule has 2 aromatic carbocycles. The van der Waals surface area contributed by atoms with Gasteiger partial charge in [0.2, 0.25) is 0 Å². The van der Waals surface area contributed by atoms with Gasteiger partial charge in [-0.1, -0.05) is 24.3 Å². The maximum Gasteiger partial charge on any atom is 0.573 e. The normalized spacial score (nSPS) is 14.7. The van der Waals surface area contributed by atoms with E-state index in [0.29, 0.717) is 0 Å². The molecule has 0 bridgehead atoms. The van der Waals surface area contributed by atoms with Crippen LogP contribution in [0.25, 0.3) is 11.4 Å². The van der Waals surface area contributed by atoms with Crippen LogP contribution >= 0.6 is 0 Å². The van der Waals surface area contributed by atoms with E-state index in [0.717, 1.165) is 48.8 Å². The number of rotatable bonds is 4. The maximum atomic E-state index is 12.4. The van der Waals surface area contributed by atoms with Gasteiger partial charge in [0.15, 0.2) is 0 Å². The first kappa shape index (κ1) is 19.5. The summed E-state index contributed by atoms with van der Waals surface area (Å²) in [5.41, 5.74) is 5.57. The number of ether oxygens (including phenoxy) is 1. The number of aryl methyl sites for hydroxylation is 1. The average molecular weight is 401 g/mol. The fourth-order valence-corrected chi connectivity index (χ4v) is 3.77. The molecule has 2 heterocycles. The van der Waals surface area contributed by atoms with E-state index >= 15 is 0 Å². The third kappa shape index (κ3) is 4.29. The van der Waals surface area contributed by atoms with Crippen LogP contribution < -0.4 is 4.74 Å². The van der Waals surface area contributed by atoms with E-state index in [1.807, 2.05) is 17.7 Å². The SMILES string of the molecule is Cc1ccccc1CN1CCc2nc(-c3ccc(OC(F)(F)F)cc3)n(C)c2C1. The van der Waals surface area contributed by atoms with Crippen molar-refractivity contribution in [2.24, 2.45) is 7.05 Å². The molecule has 3 aromatic rings. The van der Waals surface area contributed by atoms with Crippen LogP contribution in [0.4, 0.5) is 13.2 Å². The van der Waals surface area contributed by atoms with Crippen molar-refractivity contribution in [3.8, 4) is 17.1 Å². The smallest absolute Gasteiger partial charge is 0.406 e. The van der Waals surface area contributed by atoms with Gasteiger partial charge in [-0.3, -0.25) is 4.90 Å². The first-order chi connectivity index (χ1) is 13.8. The molecule has 4 nitrogen and oxygen atoms in total. The lowest BCUT2D eigenvalue weighted by Crippen LogP contribution is -2.31. The summed E-state index contributed by atoms with van der Waals surface area (Å²) in [5, 5.41) is 0. The second-order valence-electron chi connectivity index (χ2n) is 7.35. The maximum absolute atomic E-state index is 12.4. The number of halogens is 3. The Hall–Kier alpha value is -2.80. The van der Waals surface area contributed by atoms with Crippen LogP contribution in [0.3, 0.4) is 0 Å². The molecular weight excluding hydrogens is 379 g/mol. The molecule has 1 aliphatic heterocycles. The monoisotopic (exact) mass is 401 g/mol. The molecule has 7 heteroatoms. The molecule has 0 aliphatic carbocycles. The number of benzene rings is 2. The lowest BCUT2D eigenvalue weighted by atomic mass is 10.1. The van der Waals surface area contributed by atoms with Crippen molar-refractivity contribution in [3.05, 3.63) is 71.0 Å². The summed E-state index contributed by atoms with van der Waals surface area (Å²) >= 11 is 0. The van der Waals surface area contributed by atoms with Crippen molar-refractivity contribution in [3.63, 3.8) is 0 Å². The third-order valence-corrected chi connectivity index (χ3v) is 5.34. The zero-order valence-electron chi connectivity index (χ0n) is 16.3. The molecular formula is C22H22F3N3O. The Balaban J connectivity index is 1.53. The molecule has 0 atom stereocenters. The van der Waals surface area contributed by atoms with E-state index in [1.165, 1.54) is 23.3 Å². The van der Waals surface area contributed by atoms with Gasteiger partial charge in [-0.05, 0) is 42.3 Å². The van der Waals surface area contributed by atoms with Gasteiger partial charge in [-0.25, -0.2) is 4.98 Å². The Morgan fingerprint density at radius 2 is 1.79 bits per heavy atom. The van der Waals surface area contributed by atoms with Crippen molar-refractivity contribution in [1.29, 1.82) is 0 Å². The van der Waals surface area contributed by atoms with E-state index < -0.39 is 6.36 Å². The predicted octanol–water partition coefficient (Wildman–Crippen LogP) is 4.85. The molecule has 0 unspecified atom stereocenters. The summed E-state index contributed by atoms with van der Waals surface area (Å²) in [4.78, 5) is 7.16. The summed E-state index contributed by atoms with van der Waals surface area (Å²) in [6.45, 7) is 4.73. The number of imidazole rings is 1. The standard InChI is InChI=1S/C22H22F3N3O/c1-15-5-3-4-6-17(15)13-28-12-11-19-20(14-28)27(2)21(26-19)16-7-9-18(10-8-16)29-22(23,24)25/h3-10H,11-14H2,1-2H3.